The molecule has 0 radical (unpaired) electrons. The van der Waals surface area contributed by atoms with Gasteiger partial charge in [0, 0.05) is 6.04 Å². The molecule has 12 heavy (non-hydrogen) atoms. The Morgan fingerprint density at radius 1 is 1.42 bits per heavy atom. The standard InChI is InChI=1S/C8H14N2O.ClH/c1-9-8(4-5-8)7(11)10-6-2-3-6;/h6,9H,2-5H2,1H3,(H,10,11);1H. The first-order valence-corrected chi connectivity index (χ1v) is 4.27. The van der Waals surface area contributed by atoms with Gasteiger partial charge in [-0.05, 0) is 32.7 Å². The number of likely N-dealkylation sites (N-methyl/N-ethyl adjacent to an activating group) is 1. The fraction of sp³-hybridized carbons (Fsp3) is 0.875. The third-order valence-corrected chi connectivity index (χ3v) is 2.58. The summed E-state index contributed by atoms with van der Waals surface area (Å²) < 4.78 is 0. The van der Waals surface area contributed by atoms with E-state index in [1.807, 2.05) is 7.05 Å². The number of carbonyl (C=O) groups excluding carboxylic acids is 1. The van der Waals surface area contributed by atoms with Crippen LogP contribution in [0.3, 0.4) is 0 Å². The number of hydrogen-bond donors (Lipinski definition) is 2. The summed E-state index contributed by atoms with van der Waals surface area (Å²) in [5.41, 5.74) is -0.178. The average molecular weight is 191 g/mol. The number of nitrogens with one attached hydrogen (secondary N) is 2. The number of halogens is 1. The van der Waals surface area contributed by atoms with E-state index in [4.69, 9.17) is 0 Å². The lowest BCUT2D eigenvalue weighted by molar-refractivity contribution is -0.124. The van der Waals surface area contributed by atoms with Crippen molar-refractivity contribution in [1.29, 1.82) is 0 Å². The topological polar surface area (TPSA) is 41.1 Å². The van der Waals surface area contributed by atoms with Crippen molar-refractivity contribution < 1.29 is 4.79 Å². The molecule has 2 aliphatic rings. The molecule has 0 heterocycles. The van der Waals surface area contributed by atoms with Crippen molar-refractivity contribution in [3.8, 4) is 0 Å². The van der Waals surface area contributed by atoms with Gasteiger partial charge in [0.25, 0.3) is 0 Å². The molecule has 0 saturated heterocycles. The zero-order chi connectivity index (χ0) is 7.90. The zero-order valence-corrected chi connectivity index (χ0v) is 8.04. The predicted molar refractivity (Wildman–Crippen MR) is 49.4 cm³/mol. The van der Waals surface area contributed by atoms with E-state index >= 15 is 0 Å². The van der Waals surface area contributed by atoms with Gasteiger partial charge in [-0.15, -0.1) is 12.4 Å². The molecule has 0 unspecified atom stereocenters. The van der Waals surface area contributed by atoms with E-state index in [1.54, 1.807) is 0 Å². The first-order chi connectivity index (χ1) is 5.27. The van der Waals surface area contributed by atoms with Gasteiger partial charge in [-0.2, -0.15) is 0 Å². The fourth-order valence-electron chi connectivity index (χ4n) is 1.27. The predicted octanol–water partition coefficient (Wildman–Crippen LogP) is 0.439. The lowest BCUT2D eigenvalue weighted by Gasteiger charge is -2.12. The first kappa shape index (κ1) is 9.81. The second-order valence-electron chi connectivity index (χ2n) is 3.58. The van der Waals surface area contributed by atoms with Crippen LogP contribution in [0, 0.1) is 0 Å². The molecule has 2 rings (SSSR count). The highest BCUT2D eigenvalue weighted by Crippen LogP contribution is 2.35. The molecule has 2 fully saturated rings. The highest BCUT2D eigenvalue weighted by molar-refractivity contribution is 5.89. The van der Waals surface area contributed by atoms with Crippen molar-refractivity contribution >= 4 is 18.3 Å². The van der Waals surface area contributed by atoms with E-state index in [1.165, 1.54) is 12.8 Å². The molecule has 2 saturated carbocycles. The summed E-state index contributed by atoms with van der Waals surface area (Å²) >= 11 is 0. The maximum atomic E-state index is 11.4. The van der Waals surface area contributed by atoms with Crippen LogP contribution in [0.4, 0.5) is 0 Å². The molecule has 2 aliphatic carbocycles. The van der Waals surface area contributed by atoms with Crippen molar-refractivity contribution in [3.05, 3.63) is 0 Å². The van der Waals surface area contributed by atoms with E-state index in [2.05, 4.69) is 10.6 Å². The maximum absolute atomic E-state index is 11.4. The third kappa shape index (κ3) is 1.72. The van der Waals surface area contributed by atoms with E-state index in [0.29, 0.717) is 6.04 Å². The number of rotatable bonds is 3. The van der Waals surface area contributed by atoms with Gasteiger partial charge < -0.3 is 10.6 Å². The molecule has 0 aromatic carbocycles. The average Bonchev–Trinajstić information content (AvgIpc) is 2.84. The van der Waals surface area contributed by atoms with Crippen LogP contribution in [0.25, 0.3) is 0 Å². The second kappa shape index (κ2) is 3.23. The molecule has 0 aliphatic heterocycles. The van der Waals surface area contributed by atoms with E-state index < -0.39 is 0 Å². The monoisotopic (exact) mass is 190 g/mol. The molecule has 0 aromatic rings. The number of carbonyl (C=O) groups is 1. The Morgan fingerprint density at radius 3 is 2.33 bits per heavy atom. The van der Waals surface area contributed by atoms with Gasteiger partial charge in [-0.25, -0.2) is 0 Å². The van der Waals surface area contributed by atoms with Crippen molar-refractivity contribution in [1.82, 2.24) is 10.6 Å². The molecule has 0 spiro atoms. The Bertz CT molecular complexity index is 187. The summed E-state index contributed by atoms with van der Waals surface area (Å²) in [7, 11) is 1.86. The number of amides is 1. The Balaban J connectivity index is 0.000000720. The highest BCUT2D eigenvalue weighted by Gasteiger charge is 2.49. The molecule has 2 N–H and O–H groups in total. The fourth-order valence-corrected chi connectivity index (χ4v) is 1.27. The minimum atomic E-state index is -0.178. The minimum Gasteiger partial charge on any atom is -0.352 e. The molecule has 0 aromatic heterocycles. The molecule has 1 amide bonds. The summed E-state index contributed by atoms with van der Waals surface area (Å²) in [6, 6.07) is 0.494. The van der Waals surface area contributed by atoms with Crippen LogP contribution in [0.15, 0.2) is 0 Å². The summed E-state index contributed by atoms with van der Waals surface area (Å²) in [6.45, 7) is 0. The van der Waals surface area contributed by atoms with Crippen LogP contribution in [0.2, 0.25) is 0 Å². The van der Waals surface area contributed by atoms with Crippen LogP contribution in [0.5, 0.6) is 0 Å². The van der Waals surface area contributed by atoms with Gasteiger partial charge in [0.05, 0.1) is 5.54 Å². The van der Waals surface area contributed by atoms with Gasteiger partial charge in [0.2, 0.25) is 5.91 Å². The van der Waals surface area contributed by atoms with Crippen LogP contribution < -0.4 is 10.6 Å². The van der Waals surface area contributed by atoms with Crippen LogP contribution in [-0.2, 0) is 4.79 Å². The molecular weight excluding hydrogens is 176 g/mol. The minimum absolute atomic E-state index is 0. The van der Waals surface area contributed by atoms with E-state index in [9.17, 15) is 4.79 Å². The van der Waals surface area contributed by atoms with Crippen molar-refractivity contribution in [2.24, 2.45) is 0 Å². The molecule has 0 bridgehead atoms. The Hall–Kier alpha value is -0.280. The first-order valence-electron chi connectivity index (χ1n) is 4.27. The van der Waals surface area contributed by atoms with Crippen molar-refractivity contribution in [2.45, 2.75) is 37.3 Å². The van der Waals surface area contributed by atoms with Gasteiger partial charge in [-0.1, -0.05) is 0 Å². The van der Waals surface area contributed by atoms with Gasteiger partial charge in [0.1, 0.15) is 0 Å². The Kier molecular flexibility index (Phi) is 2.64. The highest BCUT2D eigenvalue weighted by atomic mass is 35.5. The maximum Gasteiger partial charge on any atom is 0.240 e. The summed E-state index contributed by atoms with van der Waals surface area (Å²) in [5.74, 6) is 0.211. The second-order valence-corrected chi connectivity index (χ2v) is 3.58. The Morgan fingerprint density at radius 2 is 2.00 bits per heavy atom. The van der Waals surface area contributed by atoms with E-state index in [-0.39, 0.29) is 23.9 Å². The van der Waals surface area contributed by atoms with Crippen molar-refractivity contribution in [3.63, 3.8) is 0 Å². The molecule has 3 nitrogen and oxygen atoms in total. The summed E-state index contributed by atoms with van der Waals surface area (Å²) in [4.78, 5) is 11.4. The van der Waals surface area contributed by atoms with Gasteiger partial charge >= 0.3 is 0 Å². The lowest BCUT2D eigenvalue weighted by atomic mass is 10.2. The molecular formula is C8H15ClN2O. The Labute approximate surface area is 78.7 Å². The SMILES string of the molecule is CNC1(C(=O)NC2CC2)CC1.Cl. The molecule has 70 valence electrons. The summed E-state index contributed by atoms with van der Waals surface area (Å²) in [6.07, 6.45) is 4.35. The summed E-state index contributed by atoms with van der Waals surface area (Å²) in [5, 5.41) is 6.08. The van der Waals surface area contributed by atoms with Crippen molar-refractivity contribution in [2.75, 3.05) is 7.05 Å². The van der Waals surface area contributed by atoms with Crippen LogP contribution in [-0.4, -0.2) is 24.5 Å². The quantitative estimate of drug-likeness (QED) is 0.678. The van der Waals surface area contributed by atoms with Gasteiger partial charge in [0.15, 0.2) is 0 Å². The van der Waals surface area contributed by atoms with E-state index in [0.717, 1.165) is 12.8 Å². The smallest absolute Gasteiger partial charge is 0.240 e. The number of hydrogen-bond acceptors (Lipinski definition) is 2. The molecule has 0 atom stereocenters. The largest absolute Gasteiger partial charge is 0.352 e. The lowest BCUT2D eigenvalue weighted by Crippen LogP contribution is -2.45. The van der Waals surface area contributed by atoms with Crippen LogP contribution >= 0.6 is 12.4 Å². The third-order valence-electron chi connectivity index (χ3n) is 2.58. The molecule has 4 heteroatoms. The zero-order valence-electron chi connectivity index (χ0n) is 7.22. The van der Waals surface area contributed by atoms with Gasteiger partial charge in [-0.3, -0.25) is 4.79 Å². The normalized spacial score (nSPS) is 24.1. The van der Waals surface area contributed by atoms with Crippen LogP contribution in [0.1, 0.15) is 25.7 Å².